The highest BCUT2D eigenvalue weighted by atomic mass is 16.5. The lowest BCUT2D eigenvalue weighted by atomic mass is 10.1. The van der Waals surface area contributed by atoms with Crippen LogP contribution < -0.4 is 0 Å². The fourth-order valence-corrected chi connectivity index (χ4v) is 0.963. The summed E-state index contributed by atoms with van der Waals surface area (Å²) in [7, 11) is 0. The van der Waals surface area contributed by atoms with Crippen LogP contribution in [-0.4, -0.2) is 42.8 Å². The van der Waals surface area contributed by atoms with Crippen molar-refractivity contribution >= 4 is 0 Å². The van der Waals surface area contributed by atoms with E-state index in [4.69, 9.17) is 15.3 Å². The van der Waals surface area contributed by atoms with Gasteiger partial charge in [-0.15, -0.1) is 0 Å². The van der Waals surface area contributed by atoms with Crippen molar-refractivity contribution in [2.45, 2.75) is 25.4 Å². The number of aromatic nitrogens is 2. The Labute approximate surface area is 80.5 Å². The summed E-state index contributed by atoms with van der Waals surface area (Å²) in [5.74, 6) is 0. The van der Waals surface area contributed by atoms with Crippen molar-refractivity contribution in [1.82, 2.24) is 9.97 Å². The molecule has 4 N–H and O–H groups in total. The third-order valence-electron chi connectivity index (χ3n) is 1.71. The summed E-state index contributed by atoms with van der Waals surface area (Å²) in [5, 5.41) is 35.8. The van der Waals surface area contributed by atoms with E-state index in [0.717, 1.165) is 0 Å². The zero-order chi connectivity index (χ0) is 10.7. The van der Waals surface area contributed by atoms with Crippen molar-refractivity contribution < 1.29 is 20.4 Å². The van der Waals surface area contributed by atoms with Crippen molar-refractivity contribution in [3.63, 3.8) is 0 Å². The second-order valence-corrected chi connectivity index (χ2v) is 2.93. The molecule has 1 rings (SSSR count). The van der Waals surface area contributed by atoms with Crippen LogP contribution >= 0.6 is 0 Å². The van der Waals surface area contributed by atoms with Crippen LogP contribution in [0, 0.1) is 6.92 Å². The van der Waals surface area contributed by atoms with Crippen LogP contribution in [0.1, 0.15) is 17.5 Å². The second kappa shape index (κ2) is 4.43. The van der Waals surface area contributed by atoms with E-state index in [1.807, 2.05) is 0 Å². The highest BCUT2D eigenvalue weighted by Crippen LogP contribution is 2.15. The molecule has 0 aliphatic carbocycles. The number of aliphatic hydroxyl groups excluding tert-OH is 3. The molecule has 6 nitrogen and oxygen atoms in total. The third kappa shape index (κ3) is 2.46. The van der Waals surface area contributed by atoms with Gasteiger partial charge < -0.3 is 20.4 Å². The predicted molar refractivity (Wildman–Crippen MR) is 46.0 cm³/mol. The molecular weight excluding hydrogens is 188 g/mol. The van der Waals surface area contributed by atoms with Crippen molar-refractivity contribution in [2.24, 2.45) is 0 Å². The maximum atomic E-state index is 9.41. The molecule has 6 heteroatoms. The van der Waals surface area contributed by atoms with E-state index in [9.17, 15) is 5.11 Å². The number of hydrogen-bond donors (Lipinski definition) is 4. The SMILES string of the molecule is Cc1cncc(C(O)C(O)C(O)O)n1. The van der Waals surface area contributed by atoms with Crippen molar-refractivity contribution in [2.75, 3.05) is 0 Å². The Morgan fingerprint density at radius 1 is 1.14 bits per heavy atom. The first-order valence-electron chi connectivity index (χ1n) is 4.03. The molecule has 1 aromatic rings. The van der Waals surface area contributed by atoms with Crippen molar-refractivity contribution in [1.29, 1.82) is 0 Å². The maximum Gasteiger partial charge on any atom is 0.181 e. The average molecular weight is 200 g/mol. The van der Waals surface area contributed by atoms with Gasteiger partial charge in [0, 0.05) is 6.20 Å². The molecule has 0 bridgehead atoms. The van der Waals surface area contributed by atoms with Crippen LogP contribution in [0.4, 0.5) is 0 Å². The normalized spacial score (nSPS) is 15.6. The molecule has 2 unspecified atom stereocenters. The van der Waals surface area contributed by atoms with E-state index in [0.29, 0.717) is 5.69 Å². The Morgan fingerprint density at radius 2 is 1.79 bits per heavy atom. The fraction of sp³-hybridized carbons (Fsp3) is 0.500. The van der Waals surface area contributed by atoms with Gasteiger partial charge in [-0.25, -0.2) is 0 Å². The Bertz CT molecular complexity index is 305. The van der Waals surface area contributed by atoms with Crippen LogP contribution in [0.5, 0.6) is 0 Å². The van der Waals surface area contributed by atoms with E-state index in [-0.39, 0.29) is 5.69 Å². The van der Waals surface area contributed by atoms with Gasteiger partial charge in [0.15, 0.2) is 6.29 Å². The van der Waals surface area contributed by atoms with Gasteiger partial charge in [-0.2, -0.15) is 0 Å². The fourth-order valence-electron chi connectivity index (χ4n) is 0.963. The minimum atomic E-state index is -2.01. The monoisotopic (exact) mass is 200 g/mol. The van der Waals surface area contributed by atoms with Gasteiger partial charge in [0.2, 0.25) is 0 Å². The number of aliphatic hydroxyl groups is 4. The minimum absolute atomic E-state index is 0.102. The molecule has 78 valence electrons. The molecule has 0 spiro atoms. The van der Waals surface area contributed by atoms with Crippen LogP contribution in [-0.2, 0) is 0 Å². The highest BCUT2D eigenvalue weighted by Gasteiger charge is 2.25. The first-order valence-corrected chi connectivity index (χ1v) is 4.03. The molecule has 14 heavy (non-hydrogen) atoms. The minimum Gasteiger partial charge on any atom is -0.385 e. The molecule has 0 saturated carbocycles. The van der Waals surface area contributed by atoms with E-state index >= 15 is 0 Å². The number of nitrogens with zero attached hydrogens (tertiary/aromatic N) is 2. The van der Waals surface area contributed by atoms with Gasteiger partial charge in [-0.1, -0.05) is 0 Å². The second-order valence-electron chi connectivity index (χ2n) is 2.93. The van der Waals surface area contributed by atoms with Crippen LogP contribution in [0.25, 0.3) is 0 Å². The lowest BCUT2D eigenvalue weighted by Gasteiger charge is -2.18. The molecule has 0 fully saturated rings. The maximum absolute atomic E-state index is 9.41. The Balaban J connectivity index is 2.83. The van der Waals surface area contributed by atoms with E-state index in [1.54, 1.807) is 6.92 Å². The van der Waals surface area contributed by atoms with Crippen LogP contribution in [0.3, 0.4) is 0 Å². The lowest BCUT2D eigenvalue weighted by Crippen LogP contribution is -2.32. The van der Waals surface area contributed by atoms with Crippen LogP contribution in [0.15, 0.2) is 12.4 Å². The highest BCUT2D eigenvalue weighted by molar-refractivity contribution is 5.06. The van der Waals surface area contributed by atoms with Gasteiger partial charge >= 0.3 is 0 Å². The summed E-state index contributed by atoms with van der Waals surface area (Å²) < 4.78 is 0. The Hall–Kier alpha value is -1.08. The van der Waals surface area contributed by atoms with Gasteiger partial charge in [-0.3, -0.25) is 9.97 Å². The first-order chi connectivity index (χ1) is 6.52. The van der Waals surface area contributed by atoms with Crippen molar-refractivity contribution in [3.05, 3.63) is 23.8 Å². The first kappa shape index (κ1) is 11.0. The van der Waals surface area contributed by atoms with E-state index in [2.05, 4.69) is 9.97 Å². The Kier molecular flexibility index (Phi) is 3.48. The lowest BCUT2D eigenvalue weighted by molar-refractivity contribution is -0.159. The standard InChI is InChI=1S/C8H12N2O4/c1-4-2-9-3-5(10-4)6(11)7(12)8(13)14/h2-3,6-8,11-14H,1H3. The molecule has 0 amide bonds. The average Bonchev–Trinajstić information content (AvgIpc) is 2.15. The summed E-state index contributed by atoms with van der Waals surface area (Å²) in [6.07, 6.45) is -2.41. The van der Waals surface area contributed by atoms with Gasteiger partial charge in [0.1, 0.15) is 12.2 Å². The molecule has 2 atom stereocenters. The van der Waals surface area contributed by atoms with Crippen LogP contribution in [0.2, 0.25) is 0 Å². The summed E-state index contributed by atoms with van der Waals surface area (Å²) in [5.41, 5.74) is 0.673. The van der Waals surface area contributed by atoms with Gasteiger partial charge in [-0.05, 0) is 6.92 Å². The topological polar surface area (TPSA) is 107 Å². The zero-order valence-corrected chi connectivity index (χ0v) is 7.57. The molecule has 1 heterocycles. The predicted octanol–water partition coefficient (Wildman–Crippen LogP) is -1.51. The smallest absolute Gasteiger partial charge is 0.181 e. The molecule has 0 aromatic carbocycles. The summed E-state index contributed by atoms with van der Waals surface area (Å²) in [6, 6.07) is 0. The van der Waals surface area contributed by atoms with Crippen molar-refractivity contribution in [3.8, 4) is 0 Å². The molecule has 0 radical (unpaired) electrons. The summed E-state index contributed by atoms with van der Waals surface area (Å²) >= 11 is 0. The van der Waals surface area contributed by atoms with Gasteiger partial charge in [0.25, 0.3) is 0 Å². The molecule has 0 saturated heterocycles. The zero-order valence-electron chi connectivity index (χ0n) is 7.57. The summed E-state index contributed by atoms with van der Waals surface area (Å²) in [4.78, 5) is 7.63. The number of rotatable bonds is 3. The number of aryl methyl sites for hydroxylation is 1. The largest absolute Gasteiger partial charge is 0.385 e. The Morgan fingerprint density at radius 3 is 2.29 bits per heavy atom. The number of hydrogen-bond acceptors (Lipinski definition) is 6. The summed E-state index contributed by atoms with van der Waals surface area (Å²) in [6.45, 7) is 1.67. The van der Waals surface area contributed by atoms with E-state index in [1.165, 1.54) is 12.4 Å². The molecular formula is C8H12N2O4. The third-order valence-corrected chi connectivity index (χ3v) is 1.71. The quantitative estimate of drug-likeness (QED) is 0.442. The molecule has 0 aliphatic heterocycles. The molecule has 1 aromatic heterocycles. The van der Waals surface area contributed by atoms with E-state index < -0.39 is 18.5 Å². The van der Waals surface area contributed by atoms with Gasteiger partial charge in [0.05, 0.1) is 17.6 Å². The molecule has 0 aliphatic rings.